The third-order valence-corrected chi connectivity index (χ3v) is 13.2. The molecule has 1 aromatic heterocycles. The lowest BCUT2D eigenvalue weighted by molar-refractivity contribution is -0.118. The van der Waals surface area contributed by atoms with Crippen LogP contribution < -0.4 is 36.5 Å². The van der Waals surface area contributed by atoms with Gasteiger partial charge in [0.1, 0.15) is 17.2 Å². The number of nitrogens with one attached hydrogen (secondary N) is 4. The summed E-state index contributed by atoms with van der Waals surface area (Å²) in [6, 6.07) is 34.5. The Balaban J connectivity index is 0.869. The van der Waals surface area contributed by atoms with Crippen LogP contribution in [0.25, 0.3) is 22.0 Å². The summed E-state index contributed by atoms with van der Waals surface area (Å²) in [5, 5.41) is 33.1. The van der Waals surface area contributed by atoms with Crippen LogP contribution >= 0.6 is 0 Å². The number of ether oxygens (including phenoxy) is 2. The lowest BCUT2D eigenvalue weighted by atomic mass is 10.0. The van der Waals surface area contributed by atoms with Crippen LogP contribution in [-0.2, 0) is 21.1 Å². The summed E-state index contributed by atoms with van der Waals surface area (Å²) < 4.78 is 39.3. The van der Waals surface area contributed by atoms with Gasteiger partial charge in [-0.15, -0.1) is 0 Å². The number of rotatable bonds is 17. The molecule has 67 heavy (non-hydrogen) atoms. The van der Waals surface area contributed by atoms with Crippen molar-refractivity contribution in [2.75, 3.05) is 42.8 Å². The lowest BCUT2D eigenvalue weighted by Crippen LogP contribution is -2.28. The summed E-state index contributed by atoms with van der Waals surface area (Å²) in [6.07, 6.45) is 3.16. The number of methoxy groups -OCH3 is 1. The van der Waals surface area contributed by atoms with Gasteiger partial charge in [-0.1, -0.05) is 48.5 Å². The highest BCUT2D eigenvalue weighted by atomic mass is 32.2. The number of nitrogens with two attached hydrogens (primary N) is 1. The smallest absolute Gasteiger partial charge is 0.262 e. The molecular weight excluding hydrogens is 873 g/mol. The monoisotopic (exact) mass is 920 g/mol. The molecule has 6 aromatic carbocycles. The molecule has 1 atom stereocenters. The number of primary amides is 1. The summed E-state index contributed by atoms with van der Waals surface area (Å²) >= 11 is 0. The number of fused-ring (bicyclic) bond motifs is 2. The predicted octanol–water partition coefficient (Wildman–Crippen LogP) is 7.83. The van der Waals surface area contributed by atoms with E-state index in [-0.39, 0.29) is 62.9 Å². The Morgan fingerprint density at radius 1 is 0.896 bits per heavy atom. The molecule has 0 fully saturated rings. The van der Waals surface area contributed by atoms with Crippen LogP contribution in [0.3, 0.4) is 0 Å². The van der Waals surface area contributed by atoms with Gasteiger partial charge in [0, 0.05) is 46.7 Å². The molecule has 2 heterocycles. The second kappa shape index (κ2) is 19.8. The molecule has 0 saturated heterocycles. The molecule has 1 aliphatic heterocycles. The van der Waals surface area contributed by atoms with Crippen LogP contribution in [0, 0.1) is 6.92 Å². The zero-order valence-electron chi connectivity index (χ0n) is 36.6. The number of sulfone groups is 1. The molecule has 0 bridgehead atoms. The zero-order valence-corrected chi connectivity index (χ0v) is 37.4. The highest BCUT2D eigenvalue weighted by Crippen LogP contribution is 2.41. The Kier molecular flexibility index (Phi) is 13.5. The van der Waals surface area contributed by atoms with Crippen LogP contribution in [0.5, 0.6) is 17.2 Å². The standard InChI is InChI=1S/C51H48N6O9S/c1-30-23-39(26-41-46(30)54-27-42(50(52)61)47(41)55-36-9-6-10-37(25-36)65-2)67(63,64)38-11-5-8-34(24-38)51(62)56-35-18-16-33(17-19-35)32-14-12-31(13-15-32)7-3-4-22-53-28-44(59)40-20-21-43(58)48-49(40)66-29-45(60)57-48/h5-6,8-21,23-27,44,53,58-59H,3-4,7,22,28-29H2,1-2H3,(H2,52,61)(H,54,55)(H,56,62)(H,57,60). The van der Waals surface area contributed by atoms with E-state index >= 15 is 0 Å². The van der Waals surface area contributed by atoms with E-state index in [1.807, 2.05) is 12.1 Å². The van der Waals surface area contributed by atoms with Crippen molar-refractivity contribution >= 4 is 61.2 Å². The third-order valence-electron chi connectivity index (χ3n) is 11.4. The summed E-state index contributed by atoms with van der Waals surface area (Å²) in [6.45, 7) is 2.52. The van der Waals surface area contributed by atoms with Crippen LogP contribution in [0.15, 0.2) is 137 Å². The van der Waals surface area contributed by atoms with Gasteiger partial charge in [0.2, 0.25) is 9.84 Å². The van der Waals surface area contributed by atoms with Crippen molar-refractivity contribution in [2.24, 2.45) is 5.73 Å². The predicted molar refractivity (Wildman–Crippen MR) is 256 cm³/mol. The lowest BCUT2D eigenvalue weighted by Gasteiger charge is -2.23. The van der Waals surface area contributed by atoms with Crippen molar-refractivity contribution in [2.45, 2.75) is 42.1 Å². The number of carbonyl (C=O) groups excluding carboxylic acids is 3. The Labute approximate surface area is 386 Å². The number of amides is 3. The molecule has 1 unspecified atom stereocenters. The number of unbranched alkanes of at least 4 members (excludes halogenated alkanes) is 1. The maximum atomic E-state index is 14.2. The molecule has 8 rings (SSSR count). The van der Waals surface area contributed by atoms with E-state index in [1.165, 1.54) is 55.3 Å². The van der Waals surface area contributed by atoms with Crippen molar-refractivity contribution < 1.29 is 42.5 Å². The largest absolute Gasteiger partial charge is 0.506 e. The van der Waals surface area contributed by atoms with Gasteiger partial charge in [-0.3, -0.25) is 19.4 Å². The normalized spacial score (nSPS) is 12.7. The fraction of sp³-hybridized carbons (Fsp3) is 0.176. The molecule has 8 N–H and O–H groups in total. The first-order chi connectivity index (χ1) is 32.3. The highest BCUT2D eigenvalue weighted by Gasteiger charge is 2.26. The van der Waals surface area contributed by atoms with Gasteiger partial charge >= 0.3 is 0 Å². The summed E-state index contributed by atoms with van der Waals surface area (Å²) in [5.41, 5.74) is 12.2. The first kappa shape index (κ1) is 45.8. The van der Waals surface area contributed by atoms with Crippen molar-refractivity contribution in [3.05, 3.63) is 155 Å². The molecule has 1 aliphatic rings. The number of phenols is 1. The van der Waals surface area contributed by atoms with Crippen molar-refractivity contribution in [3.8, 4) is 28.4 Å². The average molecular weight is 921 g/mol. The molecule has 3 amide bonds. The molecule has 0 aliphatic carbocycles. The summed E-state index contributed by atoms with van der Waals surface area (Å²) in [4.78, 5) is 42.0. The van der Waals surface area contributed by atoms with E-state index in [4.69, 9.17) is 15.2 Å². The number of nitrogens with zero attached hydrogens (tertiary/aromatic N) is 1. The van der Waals surface area contributed by atoms with E-state index in [0.29, 0.717) is 45.7 Å². The first-order valence-corrected chi connectivity index (χ1v) is 22.9. The molecule has 16 heteroatoms. The minimum Gasteiger partial charge on any atom is -0.506 e. The van der Waals surface area contributed by atoms with E-state index in [2.05, 4.69) is 50.5 Å². The number of aryl methyl sites for hydroxylation is 2. The summed E-state index contributed by atoms with van der Waals surface area (Å²) in [5.74, 6) is -0.874. The number of anilines is 4. The fourth-order valence-corrected chi connectivity index (χ4v) is 9.31. The number of benzene rings is 6. The van der Waals surface area contributed by atoms with Crippen molar-refractivity contribution in [1.29, 1.82) is 0 Å². The number of hydrogen-bond donors (Lipinski definition) is 7. The number of aromatic nitrogens is 1. The molecule has 0 saturated carbocycles. The van der Waals surface area contributed by atoms with Crippen molar-refractivity contribution in [3.63, 3.8) is 0 Å². The number of pyridine rings is 1. The minimum absolute atomic E-state index is 0.0569. The molecule has 342 valence electrons. The number of aromatic hydroxyl groups is 1. The SMILES string of the molecule is COc1cccc(Nc2c(C(N)=O)cnc3c(C)cc(S(=O)(=O)c4cccc(C(=O)Nc5ccc(-c6ccc(CCCCNCC(O)c7ccc(O)c8c7OCC(=O)N8)cc6)cc5)c4)cc23)c1. The van der Waals surface area contributed by atoms with Gasteiger partial charge in [-0.25, -0.2) is 8.42 Å². The van der Waals surface area contributed by atoms with E-state index in [9.17, 15) is 33.0 Å². The topological polar surface area (TPSA) is 231 Å². The first-order valence-electron chi connectivity index (χ1n) is 21.5. The van der Waals surface area contributed by atoms with Gasteiger partial charge in [0.25, 0.3) is 17.7 Å². The second-order valence-corrected chi connectivity index (χ2v) is 18.0. The van der Waals surface area contributed by atoms with Crippen LogP contribution in [0.4, 0.5) is 22.7 Å². The van der Waals surface area contributed by atoms with Crippen molar-refractivity contribution in [1.82, 2.24) is 10.3 Å². The Morgan fingerprint density at radius 2 is 1.64 bits per heavy atom. The Bertz CT molecular complexity index is 3130. The molecule has 0 spiro atoms. The van der Waals surface area contributed by atoms with Gasteiger partial charge in [0.15, 0.2) is 12.4 Å². The number of aliphatic hydroxyl groups excluding tert-OH is 1. The van der Waals surface area contributed by atoms with Gasteiger partial charge in [-0.05, 0) is 122 Å². The van der Waals surface area contributed by atoms with Gasteiger partial charge in [-0.2, -0.15) is 0 Å². The van der Waals surface area contributed by atoms with Crippen LogP contribution in [-0.4, -0.2) is 68.1 Å². The van der Waals surface area contributed by atoms with E-state index in [0.717, 1.165) is 30.4 Å². The molecule has 7 aromatic rings. The van der Waals surface area contributed by atoms with Gasteiger partial charge in [0.05, 0.1) is 39.8 Å². The fourth-order valence-electron chi connectivity index (χ4n) is 7.89. The van der Waals surface area contributed by atoms with Gasteiger partial charge < -0.3 is 46.7 Å². The van der Waals surface area contributed by atoms with Crippen LogP contribution in [0.1, 0.15) is 56.4 Å². The average Bonchev–Trinajstić information content (AvgIpc) is 3.33. The zero-order chi connectivity index (χ0) is 47.2. The second-order valence-electron chi connectivity index (χ2n) is 16.1. The van der Waals surface area contributed by atoms with E-state index < -0.39 is 27.8 Å². The molecule has 15 nitrogen and oxygen atoms in total. The van der Waals surface area contributed by atoms with E-state index in [1.54, 1.807) is 55.5 Å². The maximum Gasteiger partial charge on any atom is 0.262 e. The Morgan fingerprint density at radius 3 is 2.39 bits per heavy atom. The summed E-state index contributed by atoms with van der Waals surface area (Å²) in [7, 11) is -2.65. The highest BCUT2D eigenvalue weighted by molar-refractivity contribution is 7.91. The molecular formula is C51H48N6O9S. The maximum absolute atomic E-state index is 14.2. The number of aliphatic hydroxyl groups is 1. The Hall–Kier alpha value is -7.79. The quantitative estimate of drug-likeness (QED) is 0.0342. The number of hydrogen-bond acceptors (Lipinski definition) is 12. The number of carbonyl (C=O) groups is 3. The third kappa shape index (κ3) is 10.2. The minimum atomic E-state index is -4.18. The molecule has 0 radical (unpaired) electrons. The van der Waals surface area contributed by atoms with Crippen LogP contribution in [0.2, 0.25) is 0 Å². The number of phenolic OH excluding ortho intramolecular Hbond substituents is 1.